The maximum Gasteiger partial charge on any atom is 0.227 e. The van der Waals surface area contributed by atoms with Gasteiger partial charge in [-0.1, -0.05) is 0 Å². The van der Waals surface area contributed by atoms with Crippen LogP contribution in [0.1, 0.15) is 24.0 Å². The first kappa shape index (κ1) is 14.2. The van der Waals surface area contributed by atoms with E-state index in [0.717, 1.165) is 17.3 Å². The summed E-state index contributed by atoms with van der Waals surface area (Å²) in [4.78, 5) is 13.6. The van der Waals surface area contributed by atoms with Crippen molar-refractivity contribution in [1.29, 1.82) is 0 Å². The molecule has 2 rings (SSSR count). The van der Waals surface area contributed by atoms with Crippen LogP contribution in [0.4, 0.5) is 11.9 Å². The first-order valence-electron chi connectivity index (χ1n) is 6.00. The van der Waals surface area contributed by atoms with Crippen LogP contribution in [0.3, 0.4) is 0 Å². The zero-order valence-electron chi connectivity index (χ0n) is 10.9. The van der Waals surface area contributed by atoms with Crippen molar-refractivity contribution in [2.75, 3.05) is 11.1 Å². The molecule has 0 saturated heterocycles. The largest absolute Gasteiger partial charge is 0.368 e. The number of hydrogen-bond acceptors (Lipinski definition) is 6. The van der Waals surface area contributed by atoms with Crippen LogP contribution in [0.5, 0.6) is 0 Å². The number of halogens is 1. The lowest BCUT2D eigenvalue weighted by Crippen LogP contribution is -2.19. The van der Waals surface area contributed by atoms with Gasteiger partial charge in [-0.3, -0.25) is 0 Å². The highest BCUT2D eigenvalue weighted by molar-refractivity contribution is 9.10. The van der Waals surface area contributed by atoms with E-state index in [4.69, 9.17) is 5.73 Å². The van der Waals surface area contributed by atoms with Gasteiger partial charge >= 0.3 is 0 Å². The molecule has 0 amide bonds. The third kappa shape index (κ3) is 4.43. The number of hydrogen-bond donors (Lipinski definition) is 2. The van der Waals surface area contributed by atoms with Gasteiger partial charge in [0, 0.05) is 20.8 Å². The molecule has 5 nitrogen and oxygen atoms in total. The molecule has 1 atom stereocenters. The Balaban J connectivity index is 1.88. The lowest BCUT2D eigenvalue weighted by Gasteiger charge is -2.13. The van der Waals surface area contributed by atoms with Gasteiger partial charge in [0.25, 0.3) is 0 Å². The van der Waals surface area contributed by atoms with Crippen LogP contribution in [0.25, 0.3) is 0 Å². The van der Waals surface area contributed by atoms with Crippen LogP contribution in [-0.2, 0) is 6.42 Å². The van der Waals surface area contributed by atoms with Gasteiger partial charge in [0.2, 0.25) is 11.9 Å². The van der Waals surface area contributed by atoms with E-state index >= 15 is 0 Å². The molecule has 3 N–H and O–H groups in total. The summed E-state index contributed by atoms with van der Waals surface area (Å²) in [5.41, 5.74) is 5.60. The predicted molar refractivity (Wildman–Crippen MR) is 82.4 cm³/mol. The molecule has 2 aromatic rings. The molecule has 1 unspecified atom stereocenters. The fourth-order valence-electron chi connectivity index (χ4n) is 1.70. The molecule has 2 heterocycles. The van der Waals surface area contributed by atoms with Crippen LogP contribution in [0.15, 0.2) is 15.9 Å². The summed E-state index contributed by atoms with van der Waals surface area (Å²) >= 11 is 5.23. The van der Waals surface area contributed by atoms with Crippen molar-refractivity contribution in [2.24, 2.45) is 0 Å². The van der Waals surface area contributed by atoms with E-state index in [1.165, 1.54) is 4.88 Å². The molecule has 0 radical (unpaired) electrons. The summed E-state index contributed by atoms with van der Waals surface area (Å²) in [6.07, 6.45) is 2.04. The van der Waals surface area contributed by atoms with E-state index in [2.05, 4.69) is 54.6 Å². The molecular weight excluding hydrogens is 326 g/mol. The highest BCUT2D eigenvalue weighted by Crippen LogP contribution is 2.21. The maximum absolute atomic E-state index is 5.60. The van der Waals surface area contributed by atoms with E-state index in [0.29, 0.717) is 11.8 Å². The fourth-order valence-corrected chi connectivity index (χ4v) is 3.17. The summed E-state index contributed by atoms with van der Waals surface area (Å²) in [6, 6.07) is 2.43. The third-order valence-electron chi connectivity index (χ3n) is 2.59. The van der Waals surface area contributed by atoms with Crippen molar-refractivity contribution in [3.05, 3.63) is 26.6 Å². The Kier molecular flexibility index (Phi) is 4.71. The number of anilines is 2. The molecule has 0 aliphatic heterocycles. The molecule has 0 aromatic carbocycles. The Hall–Kier alpha value is -1.21. The Morgan fingerprint density at radius 1 is 1.42 bits per heavy atom. The molecule has 7 heteroatoms. The van der Waals surface area contributed by atoms with E-state index in [1.54, 1.807) is 18.3 Å². The monoisotopic (exact) mass is 341 g/mol. The summed E-state index contributed by atoms with van der Waals surface area (Å²) in [6.45, 7) is 3.91. The first-order chi connectivity index (χ1) is 9.02. The lowest BCUT2D eigenvalue weighted by atomic mass is 10.1. The van der Waals surface area contributed by atoms with Crippen LogP contribution in [0.2, 0.25) is 0 Å². The summed E-state index contributed by atoms with van der Waals surface area (Å²) in [5.74, 6) is 1.43. The minimum Gasteiger partial charge on any atom is -0.368 e. The van der Waals surface area contributed by atoms with Crippen LogP contribution in [-0.4, -0.2) is 21.0 Å². The van der Waals surface area contributed by atoms with Crippen molar-refractivity contribution in [3.63, 3.8) is 0 Å². The molecule has 0 aliphatic rings. The van der Waals surface area contributed by atoms with Gasteiger partial charge in [0.05, 0.1) is 0 Å². The molecule has 0 saturated carbocycles. The van der Waals surface area contributed by atoms with Crippen molar-refractivity contribution in [1.82, 2.24) is 15.0 Å². The number of aromatic nitrogens is 3. The Morgan fingerprint density at radius 2 is 2.21 bits per heavy atom. The summed E-state index contributed by atoms with van der Waals surface area (Å²) < 4.78 is 1.15. The smallest absolute Gasteiger partial charge is 0.227 e. The summed E-state index contributed by atoms with van der Waals surface area (Å²) in [5, 5.41) is 5.35. The zero-order chi connectivity index (χ0) is 13.8. The first-order valence-corrected chi connectivity index (χ1v) is 7.68. The van der Waals surface area contributed by atoms with Gasteiger partial charge in [0.1, 0.15) is 5.82 Å². The van der Waals surface area contributed by atoms with E-state index in [1.807, 2.05) is 0 Å². The van der Waals surface area contributed by atoms with Crippen molar-refractivity contribution < 1.29 is 0 Å². The summed E-state index contributed by atoms with van der Waals surface area (Å²) in [7, 11) is 0. The lowest BCUT2D eigenvalue weighted by molar-refractivity contribution is 0.702. The average molecular weight is 342 g/mol. The number of nitrogens with zero attached hydrogens (tertiary/aromatic N) is 3. The Labute approximate surface area is 124 Å². The molecule has 0 bridgehead atoms. The van der Waals surface area contributed by atoms with Crippen LogP contribution < -0.4 is 11.1 Å². The third-order valence-corrected chi connectivity index (χ3v) is 4.34. The highest BCUT2D eigenvalue weighted by atomic mass is 79.9. The van der Waals surface area contributed by atoms with E-state index in [-0.39, 0.29) is 12.0 Å². The van der Waals surface area contributed by atoms with Crippen molar-refractivity contribution in [2.45, 2.75) is 32.7 Å². The second kappa shape index (κ2) is 6.29. The van der Waals surface area contributed by atoms with Gasteiger partial charge in [-0.15, -0.1) is 11.3 Å². The maximum atomic E-state index is 5.60. The van der Waals surface area contributed by atoms with Gasteiger partial charge in [-0.05, 0) is 48.7 Å². The van der Waals surface area contributed by atoms with Crippen molar-refractivity contribution >= 4 is 39.2 Å². The van der Waals surface area contributed by atoms with Gasteiger partial charge in [0.15, 0.2) is 0 Å². The standard InChI is InChI=1S/C12H16BrN5S/c1-7(3-4-10-5-9(13)6-19-10)15-12-17-8(2)16-11(14)18-12/h5-7H,3-4H2,1-2H3,(H3,14,15,16,17,18). The normalized spacial score (nSPS) is 12.4. The minimum atomic E-state index is 0.254. The molecule has 19 heavy (non-hydrogen) atoms. The SMILES string of the molecule is Cc1nc(N)nc(NC(C)CCc2cc(Br)cs2)n1. The second-order valence-electron chi connectivity index (χ2n) is 4.38. The number of aryl methyl sites for hydroxylation is 2. The highest BCUT2D eigenvalue weighted by Gasteiger charge is 2.07. The van der Waals surface area contributed by atoms with Crippen LogP contribution >= 0.6 is 27.3 Å². The quantitative estimate of drug-likeness (QED) is 0.873. The van der Waals surface area contributed by atoms with Crippen molar-refractivity contribution in [3.8, 4) is 0 Å². The number of rotatable bonds is 5. The molecular formula is C12H16BrN5S. The zero-order valence-corrected chi connectivity index (χ0v) is 13.3. The predicted octanol–water partition coefficient (Wildman–Crippen LogP) is 3.02. The fraction of sp³-hybridized carbons (Fsp3) is 0.417. The average Bonchev–Trinajstić information content (AvgIpc) is 2.71. The molecule has 0 fully saturated rings. The molecule has 0 aliphatic carbocycles. The number of thiophene rings is 1. The minimum absolute atomic E-state index is 0.254. The van der Waals surface area contributed by atoms with Gasteiger partial charge in [-0.25, -0.2) is 0 Å². The number of nitrogens with one attached hydrogen (secondary N) is 1. The Bertz CT molecular complexity index is 537. The molecule has 0 spiro atoms. The number of nitrogens with two attached hydrogens (primary N) is 1. The molecule has 102 valence electrons. The van der Waals surface area contributed by atoms with Gasteiger partial charge in [-0.2, -0.15) is 15.0 Å². The Morgan fingerprint density at radius 3 is 2.84 bits per heavy atom. The van der Waals surface area contributed by atoms with Crippen LogP contribution in [0, 0.1) is 6.92 Å². The molecule has 2 aromatic heterocycles. The second-order valence-corrected chi connectivity index (χ2v) is 6.29. The van der Waals surface area contributed by atoms with E-state index < -0.39 is 0 Å². The number of nitrogen functional groups attached to an aromatic ring is 1. The topological polar surface area (TPSA) is 76.7 Å². The van der Waals surface area contributed by atoms with E-state index in [9.17, 15) is 0 Å². The van der Waals surface area contributed by atoms with Gasteiger partial charge < -0.3 is 11.1 Å².